The summed E-state index contributed by atoms with van der Waals surface area (Å²) in [6, 6.07) is 7.09. The van der Waals surface area contributed by atoms with E-state index in [2.05, 4.69) is 5.32 Å². The van der Waals surface area contributed by atoms with Crippen LogP contribution in [0.5, 0.6) is 0 Å². The zero-order chi connectivity index (χ0) is 23.0. The second-order valence-corrected chi connectivity index (χ2v) is 7.96. The quantitative estimate of drug-likeness (QED) is 0.528. The zero-order valence-corrected chi connectivity index (χ0v) is 19.0. The Kier molecular flexibility index (Phi) is 9.29. The number of hydrogen-bond donors (Lipinski definition) is 2. The molecule has 0 bridgehead atoms. The molecule has 1 atom stereocenters. The van der Waals surface area contributed by atoms with Gasteiger partial charge in [0.05, 0.1) is 38.6 Å². The van der Waals surface area contributed by atoms with Crippen LogP contribution in [0.25, 0.3) is 10.9 Å². The van der Waals surface area contributed by atoms with Crippen molar-refractivity contribution in [2.75, 3.05) is 52.8 Å². The number of urea groups is 1. The monoisotopic (exact) mass is 434 g/mol. The summed E-state index contributed by atoms with van der Waals surface area (Å²) in [6.07, 6.45) is 1.20. The van der Waals surface area contributed by atoms with Gasteiger partial charge in [0.2, 0.25) is 5.91 Å². The van der Waals surface area contributed by atoms with E-state index in [-0.39, 0.29) is 37.7 Å². The topological polar surface area (TPSA) is 96.3 Å². The molecule has 0 fully saturated rings. The molecule has 3 amide bonds. The highest BCUT2D eigenvalue weighted by Crippen LogP contribution is 2.21. The lowest BCUT2D eigenvalue weighted by atomic mass is 10.2. The largest absolute Gasteiger partial charge is 0.389 e. The van der Waals surface area contributed by atoms with Gasteiger partial charge in [-0.1, -0.05) is 0 Å². The molecular formula is C22H34N4O5. The maximum atomic E-state index is 12.4. The molecule has 2 N–H and O–H groups in total. The SMILES string of the molecule is CC(C)OCCOCC(O)CN(C)C(=O)Nc1ccc2c(ccn2CC(=O)N(C)C)c1. The predicted octanol–water partition coefficient (Wildman–Crippen LogP) is 2.00. The third kappa shape index (κ3) is 7.86. The minimum absolute atomic E-state index is 0.00601. The third-order valence-corrected chi connectivity index (χ3v) is 4.65. The lowest BCUT2D eigenvalue weighted by Gasteiger charge is -2.21. The Hall–Kier alpha value is -2.62. The van der Waals surface area contributed by atoms with Gasteiger partial charge >= 0.3 is 6.03 Å². The van der Waals surface area contributed by atoms with Crippen LogP contribution in [0.3, 0.4) is 0 Å². The molecular weight excluding hydrogens is 400 g/mol. The molecule has 1 aromatic carbocycles. The van der Waals surface area contributed by atoms with Crippen molar-refractivity contribution in [3.05, 3.63) is 30.5 Å². The van der Waals surface area contributed by atoms with Gasteiger partial charge < -0.3 is 34.3 Å². The van der Waals surface area contributed by atoms with E-state index in [1.165, 1.54) is 4.90 Å². The number of nitrogens with zero attached hydrogens (tertiary/aromatic N) is 3. The van der Waals surface area contributed by atoms with Crippen molar-refractivity contribution in [2.24, 2.45) is 0 Å². The van der Waals surface area contributed by atoms with Crippen LogP contribution in [0, 0.1) is 0 Å². The van der Waals surface area contributed by atoms with E-state index in [0.29, 0.717) is 18.9 Å². The molecule has 2 rings (SSSR count). The van der Waals surface area contributed by atoms with Crippen LogP contribution in [0.4, 0.5) is 10.5 Å². The van der Waals surface area contributed by atoms with E-state index in [4.69, 9.17) is 9.47 Å². The lowest BCUT2D eigenvalue weighted by Crippen LogP contribution is -2.39. The molecule has 0 radical (unpaired) electrons. The summed E-state index contributed by atoms with van der Waals surface area (Å²) in [7, 11) is 5.06. The number of carbonyl (C=O) groups excluding carboxylic acids is 2. The number of fused-ring (bicyclic) bond motifs is 1. The fraction of sp³-hybridized carbons (Fsp3) is 0.545. The Labute approximate surface area is 183 Å². The highest BCUT2D eigenvalue weighted by atomic mass is 16.5. The van der Waals surface area contributed by atoms with Crippen LogP contribution in [-0.4, -0.2) is 91.1 Å². The van der Waals surface area contributed by atoms with E-state index in [9.17, 15) is 14.7 Å². The van der Waals surface area contributed by atoms with Crippen molar-refractivity contribution in [3.63, 3.8) is 0 Å². The number of aliphatic hydroxyl groups excluding tert-OH is 1. The molecule has 2 aromatic rings. The fourth-order valence-corrected chi connectivity index (χ4v) is 2.94. The van der Waals surface area contributed by atoms with E-state index in [0.717, 1.165) is 10.9 Å². The fourth-order valence-electron chi connectivity index (χ4n) is 2.94. The maximum Gasteiger partial charge on any atom is 0.321 e. The summed E-state index contributed by atoms with van der Waals surface area (Å²) >= 11 is 0. The second kappa shape index (κ2) is 11.7. The van der Waals surface area contributed by atoms with E-state index in [1.54, 1.807) is 32.1 Å². The lowest BCUT2D eigenvalue weighted by molar-refractivity contribution is -0.129. The first-order chi connectivity index (χ1) is 14.7. The first-order valence-electron chi connectivity index (χ1n) is 10.4. The second-order valence-electron chi connectivity index (χ2n) is 7.96. The Morgan fingerprint density at radius 1 is 1.16 bits per heavy atom. The van der Waals surface area contributed by atoms with Crippen molar-refractivity contribution in [2.45, 2.75) is 32.6 Å². The average molecular weight is 435 g/mol. The minimum Gasteiger partial charge on any atom is -0.389 e. The van der Waals surface area contributed by atoms with E-state index >= 15 is 0 Å². The molecule has 1 unspecified atom stereocenters. The standard InChI is InChI=1S/C22H34N4O5/c1-16(2)31-11-10-30-15-19(27)13-25(5)22(29)23-18-6-7-20-17(12-18)8-9-26(20)14-21(28)24(3)4/h6-9,12,16,19,27H,10-11,13-15H2,1-5H3,(H,23,29). The van der Waals surface area contributed by atoms with Gasteiger partial charge in [0.1, 0.15) is 6.54 Å². The van der Waals surface area contributed by atoms with Gasteiger partial charge in [-0.3, -0.25) is 4.79 Å². The van der Waals surface area contributed by atoms with Crippen LogP contribution < -0.4 is 5.32 Å². The first-order valence-corrected chi connectivity index (χ1v) is 10.4. The van der Waals surface area contributed by atoms with E-state index < -0.39 is 6.10 Å². The van der Waals surface area contributed by atoms with Crippen LogP contribution in [-0.2, 0) is 20.8 Å². The average Bonchev–Trinajstić information content (AvgIpc) is 3.09. The predicted molar refractivity (Wildman–Crippen MR) is 120 cm³/mol. The summed E-state index contributed by atoms with van der Waals surface area (Å²) in [5.41, 5.74) is 1.55. The van der Waals surface area contributed by atoms with Crippen molar-refractivity contribution in [1.29, 1.82) is 0 Å². The van der Waals surface area contributed by atoms with Gasteiger partial charge in [0.25, 0.3) is 0 Å². The number of aliphatic hydroxyl groups is 1. The number of benzene rings is 1. The molecule has 9 nitrogen and oxygen atoms in total. The van der Waals surface area contributed by atoms with Crippen LogP contribution in [0.1, 0.15) is 13.8 Å². The van der Waals surface area contributed by atoms with Gasteiger partial charge in [-0.25, -0.2) is 4.79 Å². The van der Waals surface area contributed by atoms with Crippen LogP contribution in [0.15, 0.2) is 30.5 Å². The number of carbonyl (C=O) groups is 2. The van der Waals surface area contributed by atoms with Gasteiger partial charge in [0.15, 0.2) is 0 Å². The molecule has 0 aliphatic heterocycles. The summed E-state index contributed by atoms with van der Waals surface area (Å²) in [4.78, 5) is 27.4. The van der Waals surface area contributed by atoms with Crippen molar-refractivity contribution in [3.8, 4) is 0 Å². The summed E-state index contributed by atoms with van der Waals surface area (Å²) < 4.78 is 12.6. The summed E-state index contributed by atoms with van der Waals surface area (Å²) in [6.45, 7) is 5.28. The Morgan fingerprint density at radius 2 is 1.90 bits per heavy atom. The zero-order valence-electron chi connectivity index (χ0n) is 19.0. The number of rotatable bonds is 11. The van der Waals surface area contributed by atoms with Crippen LogP contribution in [0.2, 0.25) is 0 Å². The molecule has 1 heterocycles. The Balaban J connectivity index is 1.84. The highest BCUT2D eigenvalue weighted by molar-refractivity contribution is 5.93. The van der Waals surface area contributed by atoms with E-state index in [1.807, 2.05) is 42.8 Å². The number of amides is 3. The molecule has 0 saturated heterocycles. The summed E-state index contributed by atoms with van der Waals surface area (Å²) in [5.74, 6) is 0.00601. The molecule has 0 spiro atoms. The van der Waals surface area contributed by atoms with Gasteiger partial charge in [-0.15, -0.1) is 0 Å². The maximum absolute atomic E-state index is 12.4. The van der Waals surface area contributed by atoms with Crippen molar-refractivity contribution in [1.82, 2.24) is 14.4 Å². The highest BCUT2D eigenvalue weighted by Gasteiger charge is 2.15. The van der Waals surface area contributed by atoms with Crippen molar-refractivity contribution >= 4 is 28.5 Å². The Morgan fingerprint density at radius 3 is 2.58 bits per heavy atom. The van der Waals surface area contributed by atoms with Gasteiger partial charge in [0, 0.05) is 43.9 Å². The molecule has 31 heavy (non-hydrogen) atoms. The molecule has 1 aromatic heterocycles. The number of anilines is 1. The van der Waals surface area contributed by atoms with Gasteiger partial charge in [-0.05, 0) is 38.1 Å². The molecule has 0 aliphatic carbocycles. The number of aromatic nitrogens is 1. The van der Waals surface area contributed by atoms with Gasteiger partial charge in [-0.2, -0.15) is 0 Å². The number of hydrogen-bond acceptors (Lipinski definition) is 5. The molecule has 0 saturated carbocycles. The molecule has 0 aliphatic rings. The smallest absolute Gasteiger partial charge is 0.321 e. The minimum atomic E-state index is -0.791. The number of ether oxygens (including phenoxy) is 2. The molecule has 9 heteroatoms. The number of likely N-dealkylation sites (N-methyl/N-ethyl adjacent to an activating group) is 2. The van der Waals surface area contributed by atoms with Crippen LogP contribution >= 0.6 is 0 Å². The molecule has 172 valence electrons. The van der Waals surface area contributed by atoms with Crippen molar-refractivity contribution < 1.29 is 24.2 Å². The summed E-state index contributed by atoms with van der Waals surface area (Å²) in [5, 5.41) is 13.8. The first kappa shape index (κ1) is 24.6. The Bertz CT molecular complexity index is 865. The third-order valence-electron chi connectivity index (χ3n) is 4.65. The normalized spacial score (nSPS) is 12.2. The number of nitrogens with one attached hydrogen (secondary N) is 1.